The standard InChI is InChI=1S/C19H39N5O2S/c1-19(2,3)26-18(25)24-14-12-23(13-15-24)11-8-10-22-17(20-4)21-9-6-7-16-27-5/h6-16H2,1-5H3,(H2,20,21,22). The molecule has 0 aliphatic carbocycles. The van der Waals surface area contributed by atoms with E-state index in [-0.39, 0.29) is 6.09 Å². The lowest BCUT2D eigenvalue weighted by molar-refractivity contribution is 0.0145. The number of nitrogens with zero attached hydrogens (tertiary/aromatic N) is 3. The van der Waals surface area contributed by atoms with Gasteiger partial charge in [-0.15, -0.1) is 0 Å². The van der Waals surface area contributed by atoms with Crippen LogP contribution in [0.25, 0.3) is 0 Å². The van der Waals surface area contributed by atoms with Crippen molar-refractivity contribution in [2.45, 2.75) is 45.6 Å². The predicted molar refractivity (Wildman–Crippen MR) is 116 cm³/mol. The van der Waals surface area contributed by atoms with E-state index in [1.807, 2.05) is 44.5 Å². The van der Waals surface area contributed by atoms with Crippen LogP contribution in [0.15, 0.2) is 4.99 Å². The molecule has 158 valence electrons. The minimum absolute atomic E-state index is 0.198. The van der Waals surface area contributed by atoms with Crippen LogP contribution in [0.5, 0.6) is 0 Å². The highest BCUT2D eigenvalue weighted by Crippen LogP contribution is 2.11. The van der Waals surface area contributed by atoms with Gasteiger partial charge in [-0.25, -0.2) is 4.79 Å². The van der Waals surface area contributed by atoms with Crippen molar-refractivity contribution in [3.63, 3.8) is 0 Å². The minimum atomic E-state index is -0.429. The number of rotatable bonds is 9. The normalized spacial score (nSPS) is 16.3. The third-order valence-corrected chi connectivity index (χ3v) is 4.96. The summed E-state index contributed by atoms with van der Waals surface area (Å²) in [6.07, 6.45) is 5.41. The molecule has 0 spiro atoms. The highest BCUT2D eigenvalue weighted by Gasteiger charge is 2.25. The molecule has 27 heavy (non-hydrogen) atoms. The van der Waals surface area contributed by atoms with E-state index in [0.29, 0.717) is 0 Å². The number of thioether (sulfide) groups is 1. The van der Waals surface area contributed by atoms with E-state index in [2.05, 4.69) is 26.8 Å². The molecule has 0 bridgehead atoms. The van der Waals surface area contributed by atoms with Crippen LogP contribution in [-0.2, 0) is 4.74 Å². The quantitative estimate of drug-likeness (QED) is 0.351. The van der Waals surface area contributed by atoms with Crippen molar-refractivity contribution >= 4 is 23.8 Å². The molecular weight excluding hydrogens is 362 g/mol. The second-order valence-corrected chi connectivity index (χ2v) is 8.77. The average molecular weight is 402 g/mol. The zero-order valence-corrected chi connectivity index (χ0v) is 18.7. The molecule has 0 aromatic rings. The number of nitrogens with one attached hydrogen (secondary N) is 2. The molecule has 1 fully saturated rings. The molecule has 1 rings (SSSR count). The first-order chi connectivity index (χ1) is 12.9. The molecule has 0 aromatic heterocycles. The maximum Gasteiger partial charge on any atom is 0.410 e. The first-order valence-electron chi connectivity index (χ1n) is 9.99. The maximum absolute atomic E-state index is 12.1. The number of carbonyl (C=O) groups is 1. The van der Waals surface area contributed by atoms with Gasteiger partial charge >= 0.3 is 6.09 Å². The average Bonchev–Trinajstić information content (AvgIpc) is 2.62. The summed E-state index contributed by atoms with van der Waals surface area (Å²) >= 11 is 1.89. The van der Waals surface area contributed by atoms with Crippen molar-refractivity contribution in [1.29, 1.82) is 0 Å². The summed E-state index contributed by atoms with van der Waals surface area (Å²) in [5.74, 6) is 2.10. The molecule has 1 aliphatic rings. The lowest BCUT2D eigenvalue weighted by atomic mass is 10.2. The van der Waals surface area contributed by atoms with Crippen molar-refractivity contribution in [2.24, 2.45) is 4.99 Å². The number of carbonyl (C=O) groups excluding carboxylic acids is 1. The lowest BCUT2D eigenvalue weighted by Crippen LogP contribution is -2.50. The molecule has 8 heteroatoms. The summed E-state index contributed by atoms with van der Waals surface area (Å²) in [5, 5.41) is 6.74. The van der Waals surface area contributed by atoms with Crippen molar-refractivity contribution < 1.29 is 9.53 Å². The number of amides is 1. The van der Waals surface area contributed by atoms with Crippen LogP contribution in [0.3, 0.4) is 0 Å². The molecular formula is C19H39N5O2S. The van der Waals surface area contributed by atoms with Crippen molar-refractivity contribution in [3.8, 4) is 0 Å². The number of guanidine groups is 1. The summed E-state index contributed by atoms with van der Waals surface area (Å²) in [6.45, 7) is 11.9. The molecule has 1 aliphatic heterocycles. The van der Waals surface area contributed by atoms with E-state index in [4.69, 9.17) is 4.74 Å². The van der Waals surface area contributed by atoms with Gasteiger partial charge in [0.15, 0.2) is 5.96 Å². The summed E-state index contributed by atoms with van der Waals surface area (Å²) < 4.78 is 5.44. The molecule has 0 radical (unpaired) electrons. The van der Waals surface area contributed by atoms with Gasteiger partial charge in [0.05, 0.1) is 0 Å². The minimum Gasteiger partial charge on any atom is -0.444 e. The molecule has 0 atom stereocenters. The van der Waals surface area contributed by atoms with Crippen LogP contribution < -0.4 is 10.6 Å². The van der Waals surface area contributed by atoms with Gasteiger partial charge in [-0.2, -0.15) is 11.8 Å². The van der Waals surface area contributed by atoms with E-state index >= 15 is 0 Å². The van der Waals surface area contributed by atoms with Crippen LogP contribution in [0.1, 0.15) is 40.0 Å². The Bertz CT molecular complexity index is 446. The van der Waals surface area contributed by atoms with Crippen LogP contribution in [-0.4, -0.2) is 92.3 Å². The fourth-order valence-electron chi connectivity index (χ4n) is 2.79. The topological polar surface area (TPSA) is 69.2 Å². The third kappa shape index (κ3) is 11.3. The monoisotopic (exact) mass is 401 g/mol. The fourth-order valence-corrected chi connectivity index (χ4v) is 3.28. The van der Waals surface area contributed by atoms with E-state index in [0.717, 1.165) is 58.2 Å². The molecule has 7 nitrogen and oxygen atoms in total. The number of piperazine rings is 1. The second kappa shape index (κ2) is 13.1. The van der Waals surface area contributed by atoms with Gasteiger partial charge in [0.25, 0.3) is 0 Å². The van der Waals surface area contributed by atoms with E-state index in [1.165, 1.54) is 18.6 Å². The zero-order chi connectivity index (χ0) is 20.1. The van der Waals surface area contributed by atoms with Crippen LogP contribution >= 0.6 is 11.8 Å². The largest absolute Gasteiger partial charge is 0.444 e. The SMILES string of the molecule is CN=C(NCCCCSC)NCCCN1CCN(C(=O)OC(C)(C)C)CC1. The molecule has 1 saturated heterocycles. The fraction of sp³-hybridized carbons (Fsp3) is 0.895. The Hall–Kier alpha value is -1.15. The lowest BCUT2D eigenvalue weighted by Gasteiger charge is -2.35. The summed E-state index contributed by atoms with van der Waals surface area (Å²) in [5.41, 5.74) is -0.429. The van der Waals surface area contributed by atoms with Gasteiger partial charge in [-0.3, -0.25) is 9.89 Å². The van der Waals surface area contributed by atoms with Gasteiger partial charge in [-0.1, -0.05) is 0 Å². The predicted octanol–water partition coefficient (Wildman–Crippen LogP) is 2.24. The van der Waals surface area contributed by atoms with Crippen molar-refractivity contribution in [1.82, 2.24) is 20.4 Å². The van der Waals surface area contributed by atoms with E-state index < -0.39 is 5.60 Å². The summed E-state index contributed by atoms with van der Waals surface area (Å²) in [4.78, 5) is 20.6. The Morgan fingerprint density at radius 3 is 2.26 bits per heavy atom. The first-order valence-corrected chi connectivity index (χ1v) is 11.4. The molecule has 0 aromatic carbocycles. The van der Waals surface area contributed by atoms with E-state index in [1.54, 1.807) is 0 Å². The smallest absolute Gasteiger partial charge is 0.410 e. The van der Waals surface area contributed by atoms with Crippen LogP contribution in [0.2, 0.25) is 0 Å². The molecule has 2 N–H and O–H groups in total. The van der Waals surface area contributed by atoms with Crippen molar-refractivity contribution in [3.05, 3.63) is 0 Å². The first kappa shape index (κ1) is 23.9. The summed E-state index contributed by atoms with van der Waals surface area (Å²) in [6, 6.07) is 0. The second-order valence-electron chi connectivity index (χ2n) is 7.79. The Kier molecular flexibility index (Phi) is 11.6. The third-order valence-electron chi connectivity index (χ3n) is 4.26. The Labute approximate surface area is 169 Å². The number of hydrogen-bond acceptors (Lipinski definition) is 5. The molecule has 1 amide bonds. The summed E-state index contributed by atoms with van der Waals surface area (Å²) in [7, 11) is 1.81. The van der Waals surface area contributed by atoms with E-state index in [9.17, 15) is 4.79 Å². The van der Waals surface area contributed by atoms with Gasteiger partial charge < -0.3 is 20.3 Å². The van der Waals surface area contributed by atoms with Gasteiger partial charge in [-0.05, 0) is 58.6 Å². The van der Waals surface area contributed by atoms with Gasteiger partial charge in [0.1, 0.15) is 5.60 Å². The van der Waals surface area contributed by atoms with Crippen LogP contribution in [0, 0.1) is 0 Å². The molecule has 0 saturated carbocycles. The Morgan fingerprint density at radius 2 is 1.70 bits per heavy atom. The zero-order valence-electron chi connectivity index (χ0n) is 17.8. The number of ether oxygens (including phenoxy) is 1. The maximum atomic E-state index is 12.1. The Balaban J connectivity index is 2.11. The molecule has 0 unspecified atom stereocenters. The molecule has 1 heterocycles. The highest BCUT2D eigenvalue weighted by molar-refractivity contribution is 7.98. The van der Waals surface area contributed by atoms with Crippen LogP contribution in [0.4, 0.5) is 4.79 Å². The number of unbranched alkanes of at least 4 members (excludes halogenated alkanes) is 1. The Morgan fingerprint density at radius 1 is 1.07 bits per heavy atom. The number of aliphatic imine (C=N–C) groups is 1. The highest BCUT2D eigenvalue weighted by atomic mass is 32.2. The van der Waals surface area contributed by atoms with Crippen molar-refractivity contribution in [2.75, 3.05) is 64.9 Å². The van der Waals surface area contributed by atoms with Gasteiger partial charge in [0, 0.05) is 46.3 Å². The van der Waals surface area contributed by atoms with Gasteiger partial charge in [0.2, 0.25) is 0 Å². The number of hydrogen-bond donors (Lipinski definition) is 2.